The number of hydrogen-bond acceptors (Lipinski definition) is 3. The van der Waals surface area contributed by atoms with Crippen molar-refractivity contribution in [1.29, 1.82) is 0 Å². The topological polar surface area (TPSA) is 79.6 Å². The van der Waals surface area contributed by atoms with Gasteiger partial charge in [-0.25, -0.2) is 0 Å². The zero-order chi connectivity index (χ0) is 16.6. The van der Waals surface area contributed by atoms with Crippen molar-refractivity contribution in [3.05, 3.63) is 46.2 Å². The quantitative estimate of drug-likeness (QED) is 0.910. The molecule has 1 amide bonds. The first-order chi connectivity index (χ1) is 11.0. The molecule has 1 aromatic carbocycles. The lowest BCUT2D eigenvalue weighted by atomic mass is 9.98. The van der Waals surface area contributed by atoms with Crippen LogP contribution in [0, 0.1) is 5.92 Å². The van der Waals surface area contributed by atoms with Gasteiger partial charge in [0.1, 0.15) is 5.69 Å². The minimum Gasteiger partial charge on any atom is -0.481 e. The van der Waals surface area contributed by atoms with Gasteiger partial charge < -0.3 is 14.6 Å². The van der Waals surface area contributed by atoms with Gasteiger partial charge in [0.2, 0.25) is 0 Å². The highest BCUT2D eigenvalue weighted by Gasteiger charge is 2.29. The van der Waals surface area contributed by atoms with Crippen molar-refractivity contribution in [2.24, 2.45) is 13.0 Å². The maximum Gasteiger partial charge on any atom is 0.308 e. The summed E-state index contributed by atoms with van der Waals surface area (Å²) < 4.78 is 1.70. The van der Waals surface area contributed by atoms with Crippen molar-refractivity contribution in [3.63, 3.8) is 0 Å². The number of amides is 1. The van der Waals surface area contributed by atoms with E-state index in [1.165, 1.54) is 11.0 Å². The molecule has 23 heavy (non-hydrogen) atoms. The molecule has 1 N–H and O–H groups in total. The Kier molecular flexibility index (Phi) is 3.90. The van der Waals surface area contributed by atoms with Crippen LogP contribution in [0.25, 0.3) is 10.9 Å². The SMILES string of the molecule is Cn1c(C(=O)N2CCCC(C(=O)O)C2)cc(=O)c2ccccc21. The monoisotopic (exact) mass is 314 g/mol. The third kappa shape index (κ3) is 2.72. The number of para-hydroxylation sites is 1. The van der Waals surface area contributed by atoms with E-state index in [4.69, 9.17) is 5.11 Å². The Morgan fingerprint density at radius 3 is 2.74 bits per heavy atom. The van der Waals surface area contributed by atoms with Gasteiger partial charge in [-0.1, -0.05) is 12.1 Å². The van der Waals surface area contributed by atoms with Crippen LogP contribution in [0.1, 0.15) is 23.3 Å². The number of aromatic nitrogens is 1. The van der Waals surface area contributed by atoms with Gasteiger partial charge in [-0.15, -0.1) is 0 Å². The van der Waals surface area contributed by atoms with Crippen molar-refractivity contribution in [2.75, 3.05) is 13.1 Å². The summed E-state index contributed by atoms with van der Waals surface area (Å²) in [6, 6.07) is 8.47. The number of hydrogen-bond donors (Lipinski definition) is 1. The molecule has 2 aromatic rings. The second-order valence-corrected chi connectivity index (χ2v) is 5.90. The van der Waals surface area contributed by atoms with Crippen LogP contribution in [0.4, 0.5) is 0 Å². The largest absolute Gasteiger partial charge is 0.481 e. The number of fused-ring (bicyclic) bond motifs is 1. The zero-order valence-electron chi connectivity index (χ0n) is 12.9. The minimum absolute atomic E-state index is 0.190. The summed E-state index contributed by atoms with van der Waals surface area (Å²) in [5, 5.41) is 9.72. The van der Waals surface area contributed by atoms with Gasteiger partial charge >= 0.3 is 5.97 Å². The second-order valence-electron chi connectivity index (χ2n) is 5.90. The van der Waals surface area contributed by atoms with E-state index < -0.39 is 11.9 Å². The van der Waals surface area contributed by atoms with Crippen LogP contribution in [0.3, 0.4) is 0 Å². The summed E-state index contributed by atoms with van der Waals surface area (Å²) in [5.74, 6) is -1.71. The Morgan fingerprint density at radius 1 is 1.26 bits per heavy atom. The summed E-state index contributed by atoms with van der Waals surface area (Å²) in [6.07, 6.45) is 1.24. The summed E-state index contributed by atoms with van der Waals surface area (Å²) in [5.41, 5.74) is 0.781. The summed E-state index contributed by atoms with van der Waals surface area (Å²) >= 11 is 0. The molecule has 1 aromatic heterocycles. The highest BCUT2D eigenvalue weighted by Crippen LogP contribution is 2.19. The van der Waals surface area contributed by atoms with Crippen LogP contribution < -0.4 is 5.43 Å². The molecule has 0 bridgehead atoms. The van der Waals surface area contributed by atoms with E-state index in [-0.39, 0.29) is 17.9 Å². The molecule has 1 saturated heterocycles. The smallest absolute Gasteiger partial charge is 0.308 e. The van der Waals surface area contributed by atoms with E-state index in [1.807, 2.05) is 6.07 Å². The number of carboxylic acids is 1. The third-order valence-corrected chi connectivity index (χ3v) is 4.44. The van der Waals surface area contributed by atoms with E-state index >= 15 is 0 Å². The van der Waals surface area contributed by atoms with Gasteiger partial charge in [-0.2, -0.15) is 0 Å². The predicted octanol–water partition coefficient (Wildman–Crippen LogP) is 1.48. The fraction of sp³-hybridized carbons (Fsp3) is 0.353. The Hall–Kier alpha value is -2.63. The number of carbonyl (C=O) groups is 2. The molecule has 120 valence electrons. The molecule has 1 atom stereocenters. The summed E-state index contributed by atoms with van der Waals surface area (Å²) in [6.45, 7) is 0.707. The van der Waals surface area contributed by atoms with Crippen molar-refractivity contribution in [2.45, 2.75) is 12.8 Å². The van der Waals surface area contributed by atoms with Crippen molar-refractivity contribution < 1.29 is 14.7 Å². The molecule has 0 aliphatic carbocycles. The number of rotatable bonds is 2. The van der Waals surface area contributed by atoms with Crippen molar-refractivity contribution in [3.8, 4) is 0 Å². The molecule has 0 radical (unpaired) electrons. The second kappa shape index (κ2) is 5.87. The summed E-state index contributed by atoms with van der Waals surface area (Å²) in [7, 11) is 1.74. The normalized spacial score (nSPS) is 18.1. The fourth-order valence-corrected chi connectivity index (χ4v) is 3.13. The Bertz CT molecular complexity index is 840. The van der Waals surface area contributed by atoms with Crippen LogP contribution in [0.15, 0.2) is 35.1 Å². The molecular formula is C17H18N2O4. The maximum absolute atomic E-state index is 12.8. The molecule has 1 unspecified atom stereocenters. The molecular weight excluding hydrogens is 296 g/mol. The zero-order valence-corrected chi connectivity index (χ0v) is 12.9. The van der Waals surface area contributed by atoms with Gasteiger partial charge in [0.25, 0.3) is 5.91 Å². The number of carboxylic acid groups (broad SMARTS) is 1. The molecule has 0 saturated carbocycles. The molecule has 1 aliphatic heterocycles. The van der Waals surface area contributed by atoms with Crippen molar-refractivity contribution >= 4 is 22.8 Å². The molecule has 6 heteroatoms. The Balaban J connectivity index is 2.00. The highest BCUT2D eigenvalue weighted by molar-refractivity contribution is 5.95. The number of pyridine rings is 1. The van der Waals surface area contributed by atoms with Crippen LogP contribution >= 0.6 is 0 Å². The average molecular weight is 314 g/mol. The first-order valence-corrected chi connectivity index (χ1v) is 7.60. The van der Waals surface area contributed by atoms with E-state index in [9.17, 15) is 14.4 Å². The highest BCUT2D eigenvalue weighted by atomic mass is 16.4. The number of carbonyl (C=O) groups excluding carboxylic acids is 1. The van der Waals surface area contributed by atoms with Crippen molar-refractivity contribution in [1.82, 2.24) is 9.47 Å². The predicted molar refractivity (Wildman–Crippen MR) is 85.5 cm³/mol. The number of nitrogens with zero attached hydrogens (tertiary/aromatic N) is 2. The number of piperidine rings is 1. The first kappa shape index (κ1) is 15.3. The fourth-order valence-electron chi connectivity index (χ4n) is 3.13. The van der Waals surface area contributed by atoms with Crippen LogP contribution in [0.5, 0.6) is 0 Å². The first-order valence-electron chi connectivity index (χ1n) is 7.60. The van der Waals surface area contributed by atoms with Gasteiger partial charge in [-0.3, -0.25) is 14.4 Å². The van der Waals surface area contributed by atoms with Crippen LogP contribution in [0.2, 0.25) is 0 Å². The van der Waals surface area contributed by atoms with Gasteiger partial charge in [0.05, 0.1) is 11.4 Å². The third-order valence-electron chi connectivity index (χ3n) is 4.44. The maximum atomic E-state index is 12.8. The minimum atomic E-state index is -0.880. The van der Waals surface area contributed by atoms with E-state index in [1.54, 1.807) is 29.8 Å². The molecule has 3 rings (SSSR count). The number of benzene rings is 1. The Labute approximate surface area is 132 Å². The van der Waals surface area contributed by atoms with E-state index in [0.29, 0.717) is 36.0 Å². The van der Waals surface area contributed by atoms with Crippen LogP contribution in [-0.4, -0.2) is 39.5 Å². The lowest BCUT2D eigenvalue weighted by molar-refractivity contribution is -0.143. The van der Waals surface area contributed by atoms with Gasteiger partial charge in [0, 0.05) is 31.6 Å². The van der Waals surface area contributed by atoms with E-state index in [2.05, 4.69) is 0 Å². The molecule has 0 spiro atoms. The van der Waals surface area contributed by atoms with E-state index in [0.717, 1.165) is 0 Å². The van der Waals surface area contributed by atoms with Gasteiger partial charge in [-0.05, 0) is 25.0 Å². The van der Waals surface area contributed by atoms with Gasteiger partial charge in [0.15, 0.2) is 5.43 Å². The number of aryl methyl sites for hydroxylation is 1. The Morgan fingerprint density at radius 2 is 2.00 bits per heavy atom. The van der Waals surface area contributed by atoms with Crippen LogP contribution in [-0.2, 0) is 11.8 Å². The lowest BCUT2D eigenvalue weighted by Crippen LogP contribution is -2.43. The molecule has 2 heterocycles. The lowest BCUT2D eigenvalue weighted by Gasteiger charge is -2.31. The number of likely N-dealkylation sites (tertiary alicyclic amines) is 1. The molecule has 6 nitrogen and oxygen atoms in total. The standard InChI is InChI=1S/C17H18N2O4/c1-18-13-7-3-2-6-12(13)15(20)9-14(18)16(21)19-8-4-5-11(10-19)17(22)23/h2-3,6-7,9,11H,4-5,8,10H2,1H3,(H,22,23). The average Bonchev–Trinajstić information content (AvgIpc) is 2.57. The molecule has 1 aliphatic rings. The summed E-state index contributed by atoms with van der Waals surface area (Å²) in [4.78, 5) is 37.7. The molecule has 1 fully saturated rings. The number of aliphatic carboxylic acids is 1.